The predicted octanol–water partition coefficient (Wildman–Crippen LogP) is 5.64. The average molecular weight is 651 g/mol. The van der Waals surface area contributed by atoms with Crippen LogP contribution in [-0.2, 0) is 16.0 Å². The molecule has 0 bridgehead atoms. The van der Waals surface area contributed by atoms with E-state index in [0.29, 0.717) is 36.7 Å². The van der Waals surface area contributed by atoms with Crippen LogP contribution in [0.25, 0.3) is 0 Å². The third-order valence-corrected chi connectivity index (χ3v) is 9.28. The summed E-state index contributed by atoms with van der Waals surface area (Å²) in [5, 5.41) is 16.4. The molecular weight excluding hydrogens is 596 g/mol. The number of rotatable bonds is 8. The maximum Gasteiger partial charge on any atom is 0.317 e. The lowest BCUT2D eigenvalue weighted by Gasteiger charge is -2.36. The number of nitrogens with zero attached hydrogens (tertiary/aromatic N) is 2. The SMILES string of the molecule is C[C@H]1CCCCO[C@@H](CN(C)C(=O)NC2CCCCC2)[C@@H](C)CN([C@@H](C)CO)C(=O)c2cc(NC(=O)Cc3ccccc3)ccc2O1. The standard InChI is InChI=1S/C37H54N4O6/c1-26-23-41(27(2)25-42)36(44)32-22-31(38-35(43)21-29-14-7-5-8-15-29)18-19-33(32)47-28(3)13-11-12-20-46-34(26)24-40(4)37(45)39-30-16-9-6-10-17-30/h5,7-8,14-15,18-19,22,26-28,30,34,42H,6,9-13,16-17,20-21,23-25H2,1-4H3,(H,38,43)(H,39,45)/t26-,27-,28-,34-/m0/s1. The van der Waals surface area contributed by atoms with Gasteiger partial charge >= 0.3 is 6.03 Å². The Labute approximate surface area is 280 Å². The van der Waals surface area contributed by atoms with Crippen molar-refractivity contribution in [1.82, 2.24) is 15.1 Å². The molecule has 1 fully saturated rings. The second-order valence-corrected chi connectivity index (χ2v) is 13.4. The number of hydrogen-bond acceptors (Lipinski definition) is 6. The lowest BCUT2D eigenvalue weighted by Crippen LogP contribution is -2.50. The summed E-state index contributed by atoms with van der Waals surface area (Å²) in [5.74, 6) is -0.211. The first-order valence-corrected chi connectivity index (χ1v) is 17.3. The van der Waals surface area contributed by atoms with Crippen LogP contribution in [-0.4, -0.2) is 90.4 Å². The molecule has 4 rings (SSSR count). The number of benzene rings is 2. The van der Waals surface area contributed by atoms with Gasteiger partial charge < -0.3 is 35.0 Å². The molecule has 2 aromatic carbocycles. The minimum absolute atomic E-state index is 0.106. The largest absolute Gasteiger partial charge is 0.490 e. The van der Waals surface area contributed by atoms with Gasteiger partial charge in [-0.25, -0.2) is 4.79 Å². The number of hydrogen-bond donors (Lipinski definition) is 3. The molecule has 3 N–H and O–H groups in total. The van der Waals surface area contributed by atoms with Crippen LogP contribution in [0.1, 0.15) is 88.1 Å². The minimum Gasteiger partial charge on any atom is -0.490 e. The molecule has 2 aliphatic rings. The van der Waals surface area contributed by atoms with Crippen LogP contribution in [0.15, 0.2) is 48.5 Å². The fourth-order valence-electron chi connectivity index (χ4n) is 6.33. The highest BCUT2D eigenvalue weighted by atomic mass is 16.5. The highest BCUT2D eigenvalue weighted by Gasteiger charge is 2.31. The molecule has 1 aliphatic carbocycles. The van der Waals surface area contributed by atoms with Gasteiger partial charge in [-0.3, -0.25) is 9.59 Å². The van der Waals surface area contributed by atoms with Crippen LogP contribution in [0.4, 0.5) is 10.5 Å². The second-order valence-electron chi connectivity index (χ2n) is 13.4. The van der Waals surface area contributed by atoms with E-state index in [0.717, 1.165) is 50.5 Å². The molecule has 0 unspecified atom stereocenters. The van der Waals surface area contributed by atoms with E-state index >= 15 is 0 Å². The van der Waals surface area contributed by atoms with Crippen LogP contribution in [0, 0.1) is 5.92 Å². The zero-order chi connectivity index (χ0) is 33.8. The van der Waals surface area contributed by atoms with Gasteiger partial charge in [0.05, 0.1) is 36.8 Å². The topological polar surface area (TPSA) is 120 Å². The lowest BCUT2D eigenvalue weighted by atomic mass is 9.96. The van der Waals surface area contributed by atoms with Crippen LogP contribution in [0.3, 0.4) is 0 Å². The molecule has 0 aromatic heterocycles. The molecule has 4 amide bonds. The van der Waals surface area contributed by atoms with Crippen molar-refractivity contribution in [2.75, 3.05) is 38.7 Å². The lowest BCUT2D eigenvalue weighted by molar-refractivity contribution is -0.115. The Morgan fingerprint density at radius 2 is 1.74 bits per heavy atom. The number of likely N-dealkylation sites (N-methyl/N-ethyl adjacent to an activating group) is 1. The van der Waals surface area contributed by atoms with Gasteiger partial charge in [-0.05, 0) is 69.7 Å². The first-order chi connectivity index (χ1) is 22.6. The van der Waals surface area contributed by atoms with Gasteiger partial charge in [0.15, 0.2) is 0 Å². The van der Waals surface area contributed by atoms with E-state index in [1.165, 1.54) is 6.42 Å². The molecule has 0 radical (unpaired) electrons. The van der Waals surface area contributed by atoms with Crippen molar-refractivity contribution in [2.24, 2.45) is 5.92 Å². The quantitative estimate of drug-likeness (QED) is 0.340. The number of aliphatic hydroxyl groups is 1. The molecule has 0 saturated heterocycles. The molecule has 1 aliphatic heterocycles. The summed E-state index contributed by atoms with van der Waals surface area (Å²) in [6.45, 7) is 6.79. The van der Waals surface area contributed by atoms with Crippen LogP contribution in [0.5, 0.6) is 5.75 Å². The fraction of sp³-hybridized carbons (Fsp3) is 0.595. The highest BCUT2D eigenvalue weighted by Crippen LogP contribution is 2.29. The Bertz CT molecular complexity index is 1300. The van der Waals surface area contributed by atoms with Crippen LogP contribution < -0.4 is 15.4 Å². The Balaban J connectivity index is 1.56. The molecule has 47 heavy (non-hydrogen) atoms. The van der Waals surface area contributed by atoms with Crippen molar-refractivity contribution in [1.29, 1.82) is 0 Å². The van der Waals surface area contributed by atoms with E-state index in [9.17, 15) is 19.5 Å². The van der Waals surface area contributed by atoms with E-state index in [-0.39, 0.29) is 55.0 Å². The van der Waals surface area contributed by atoms with Crippen LogP contribution in [0.2, 0.25) is 0 Å². The molecular formula is C37H54N4O6. The number of nitrogens with one attached hydrogen (secondary N) is 2. The van der Waals surface area contributed by atoms with Gasteiger partial charge in [0, 0.05) is 44.4 Å². The fourth-order valence-corrected chi connectivity index (χ4v) is 6.33. The summed E-state index contributed by atoms with van der Waals surface area (Å²) < 4.78 is 12.7. The van der Waals surface area contributed by atoms with Crippen molar-refractivity contribution < 1.29 is 29.0 Å². The zero-order valence-corrected chi connectivity index (χ0v) is 28.6. The summed E-state index contributed by atoms with van der Waals surface area (Å²) in [6, 6.07) is 14.3. The smallest absolute Gasteiger partial charge is 0.317 e. The summed E-state index contributed by atoms with van der Waals surface area (Å²) in [7, 11) is 1.79. The molecule has 0 spiro atoms. The summed E-state index contributed by atoms with van der Waals surface area (Å²) in [5.41, 5.74) is 1.70. The monoisotopic (exact) mass is 650 g/mol. The summed E-state index contributed by atoms with van der Waals surface area (Å²) in [4.78, 5) is 43.7. The number of anilines is 1. The number of fused-ring (bicyclic) bond motifs is 1. The van der Waals surface area contributed by atoms with Gasteiger partial charge in [-0.2, -0.15) is 0 Å². The molecule has 2 aromatic rings. The Hall–Kier alpha value is -3.63. The number of amides is 4. The second kappa shape index (κ2) is 18.1. The van der Waals surface area contributed by atoms with Gasteiger partial charge in [-0.1, -0.05) is 56.5 Å². The third-order valence-electron chi connectivity index (χ3n) is 9.28. The Morgan fingerprint density at radius 3 is 2.47 bits per heavy atom. The molecule has 10 heteroatoms. The number of urea groups is 1. The van der Waals surface area contributed by atoms with Crippen molar-refractivity contribution >= 4 is 23.5 Å². The average Bonchev–Trinajstić information content (AvgIpc) is 3.06. The van der Waals surface area contributed by atoms with E-state index in [1.807, 2.05) is 51.1 Å². The van der Waals surface area contributed by atoms with Crippen molar-refractivity contribution in [3.63, 3.8) is 0 Å². The van der Waals surface area contributed by atoms with E-state index in [1.54, 1.807) is 35.0 Å². The van der Waals surface area contributed by atoms with Gasteiger partial charge in [0.2, 0.25) is 5.91 Å². The molecule has 4 atom stereocenters. The molecule has 1 saturated carbocycles. The normalized spacial score (nSPS) is 22.3. The molecule has 258 valence electrons. The predicted molar refractivity (Wildman–Crippen MR) is 184 cm³/mol. The molecule has 1 heterocycles. The van der Waals surface area contributed by atoms with Crippen molar-refractivity contribution in [2.45, 2.75) is 103 Å². The van der Waals surface area contributed by atoms with Gasteiger partial charge in [0.1, 0.15) is 5.75 Å². The van der Waals surface area contributed by atoms with Crippen molar-refractivity contribution in [3.05, 3.63) is 59.7 Å². The zero-order valence-electron chi connectivity index (χ0n) is 28.6. The number of carbonyl (C=O) groups is 3. The number of ether oxygens (including phenoxy) is 2. The van der Waals surface area contributed by atoms with Crippen molar-refractivity contribution in [3.8, 4) is 5.75 Å². The number of carbonyl (C=O) groups excluding carboxylic acids is 3. The Kier molecular flexibility index (Phi) is 13.9. The van der Waals surface area contributed by atoms with Gasteiger partial charge in [0.25, 0.3) is 5.91 Å². The Morgan fingerprint density at radius 1 is 1.02 bits per heavy atom. The van der Waals surface area contributed by atoms with E-state index < -0.39 is 6.04 Å². The third kappa shape index (κ3) is 11.0. The minimum atomic E-state index is -0.493. The first-order valence-electron chi connectivity index (χ1n) is 17.3. The maximum atomic E-state index is 14.4. The van der Waals surface area contributed by atoms with Crippen LogP contribution >= 0.6 is 0 Å². The highest BCUT2D eigenvalue weighted by molar-refractivity contribution is 6.00. The summed E-state index contributed by atoms with van der Waals surface area (Å²) >= 11 is 0. The van der Waals surface area contributed by atoms with E-state index in [2.05, 4.69) is 10.6 Å². The first kappa shape index (κ1) is 36.2. The summed E-state index contributed by atoms with van der Waals surface area (Å²) in [6.07, 6.45) is 7.73. The van der Waals surface area contributed by atoms with Gasteiger partial charge in [-0.15, -0.1) is 0 Å². The number of aliphatic hydroxyl groups excluding tert-OH is 1. The molecule has 10 nitrogen and oxygen atoms in total. The maximum absolute atomic E-state index is 14.4. The van der Waals surface area contributed by atoms with E-state index in [4.69, 9.17) is 9.47 Å².